The van der Waals surface area contributed by atoms with E-state index in [0.29, 0.717) is 0 Å². The van der Waals surface area contributed by atoms with Gasteiger partial charge in [-0.15, -0.1) is 11.8 Å². The predicted octanol–water partition coefficient (Wildman–Crippen LogP) is 1.89. The quantitative estimate of drug-likeness (QED) is 0.752. The number of anilines is 1. The molecule has 0 saturated carbocycles. The van der Waals surface area contributed by atoms with Crippen LogP contribution in [0.15, 0.2) is 58.3 Å². The smallest absolute Gasteiger partial charge is 0.244 e. The zero-order chi connectivity index (χ0) is 22.0. The van der Waals surface area contributed by atoms with Crippen molar-refractivity contribution < 1.29 is 18.0 Å². The van der Waals surface area contributed by atoms with Gasteiger partial charge in [-0.05, 0) is 24.3 Å². The highest BCUT2D eigenvalue weighted by Gasteiger charge is 2.34. The Bertz CT molecular complexity index is 1170. The molecule has 1 N–H and O–H groups in total. The second-order valence-corrected chi connectivity index (χ2v) is 10.3. The maximum atomic E-state index is 12.9. The van der Waals surface area contributed by atoms with Crippen molar-refractivity contribution in [1.29, 1.82) is 5.26 Å². The molecule has 1 saturated heterocycles. The van der Waals surface area contributed by atoms with E-state index < -0.39 is 15.3 Å². The van der Waals surface area contributed by atoms with Crippen molar-refractivity contribution in [2.45, 2.75) is 21.5 Å². The Labute approximate surface area is 184 Å². The van der Waals surface area contributed by atoms with Crippen LogP contribution in [0.3, 0.4) is 0 Å². The highest BCUT2D eigenvalue weighted by Crippen LogP contribution is 2.36. The van der Waals surface area contributed by atoms with Gasteiger partial charge in [-0.3, -0.25) is 9.59 Å². The lowest BCUT2D eigenvalue weighted by atomic mass is 10.2. The number of fused-ring (bicyclic) bond motifs is 1. The SMILES string of the molecule is N#Cc1ccccc1S(=O)(=O)N1CCN(C(=O)C[C@@H]2Sc3ccccc3NC2=O)CC1. The van der Waals surface area contributed by atoms with E-state index in [-0.39, 0.29) is 54.9 Å². The lowest BCUT2D eigenvalue weighted by Crippen LogP contribution is -2.51. The van der Waals surface area contributed by atoms with Crippen molar-refractivity contribution >= 4 is 39.3 Å². The van der Waals surface area contributed by atoms with Gasteiger partial charge >= 0.3 is 0 Å². The summed E-state index contributed by atoms with van der Waals surface area (Å²) in [5.74, 6) is -0.382. The van der Waals surface area contributed by atoms with Gasteiger partial charge in [0, 0.05) is 37.5 Å². The molecule has 4 rings (SSSR count). The van der Waals surface area contributed by atoms with Gasteiger partial charge in [-0.2, -0.15) is 9.57 Å². The number of sulfonamides is 1. The molecule has 31 heavy (non-hydrogen) atoms. The maximum Gasteiger partial charge on any atom is 0.244 e. The van der Waals surface area contributed by atoms with Crippen molar-refractivity contribution in [2.24, 2.45) is 0 Å². The van der Waals surface area contributed by atoms with Crippen LogP contribution in [0.2, 0.25) is 0 Å². The summed E-state index contributed by atoms with van der Waals surface area (Å²) in [7, 11) is -3.82. The Hall–Kier alpha value is -2.87. The summed E-state index contributed by atoms with van der Waals surface area (Å²) < 4.78 is 27.2. The third kappa shape index (κ3) is 4.30. The molecule has 8 nitrogen and oxygen atoms in total. The van der Waals surface area contributed by atoms with Gasteiger partial charge in [0.15, 0.2) is 0 Å². The average molecular weight is 457 g/mol. The van der Waals surface area contributed by atoms with Crippen molar-refractivity contribution in [3.63, 3.8) is 0 Å². The Morgan fingerprint density at radius 2 is 1.77 bits per heavy atom. The molecular weight excluding hydrogens is 436 g/mol. The fraction of sp³-hybridized carbons (Fsp3) is 0.286. The molecule has 0 aromatic heterocycles. The number of rotatable bonds is 4. The van der Waals surface area contributed by atoms with Crippen LogP contribution in [-0.2, 0) is 19.6 Å². The number of carbonyl (C=O) groups excluding carboxylic acids is 2. The van der Waals surface area contributed by atoms with Crippen LogP contribution in [0.25, 0.3) is 0 Å². The number of thioether (sulfide) groups is 1. The van der Waals surface area contributed by atoms with Crippen LogP contribution in [0.4, 0.5) is 5.69 Å². The Balaban J connectivity index is 1.38. The van der Waals surface area contributed by atoms with Crippen LogP contribution < -0.4 is 5.32 Å². The summed E-state index contributed by atoms with van der Waals surface area (Å²) in [6.07, 6.45) is 0.0504. The van der Waals surface area contributed by atoms with Gasteiger partial charge in [-0.25, -0.2) is 8.42 Å². The zero-order valence-electron chi connectivity index (χ0n) is 16.5. The normalized spacial score (nSPS) is 19.3. The first-order chi connectivity index (χ1) is 14.9. The predicted molar refractivity (Wildman–Crippen MR) is 116 cm³/mol. The largest absolute Gasteiger partial charge is 0.340 e. The van der Waals surface area contributed by atoms with Gasteiger partial charge in [0.25, 0.3) is 0 Å². The number of amides is 2. The first-order valence-corrected chi connectivity index (χ1v) is 12.1. The van der Waals surface area contributed by atoms with Crippen LogP contribution in [0.1, 0.15) is 12.0 Å². The zero-order valence-corrected chi connectivity index (χ0v) is 18.2. The third-order valence-corrected chi connectivity index (χ3v) is 8.52. The number of piperazine rings is 1. The van der Waals surface area contributed by atoms with Gasteiger partial charge < -0.3 is 10.2 Å². The second kappa shape index (κ2) is 8.70. The van der Waals surface area contributed by atoms with Gasteiger partial charge in [0.2, 0.25) is 21.8 Å². The number of hydrogen-bond acceptors (Lipinski definition) is 6. The fourth-order valence-corrected chi connectivity index (χ4v) is 6.28. The van der Waals surface area contributed by atoms with Crippen molar-refractivity contribution in [1.82, 2.24) is 9.21 Å². The fourth-order valence-electron chi connectivity index (χ4n) is 3.62. The highest BCUT2D eigenvalue weighted by molar-refractivity contribution is 8.01. The Morgan fingerprint density at radius 3 is 2.52 bits per heavy atom. The molecule has 2 heterocycles. The number of nitrogens with one attached hydrogen (secondary N) is 1. The van der Waals surface area contributed by atoms with Crippen LogP contribution >= 0.6 is 11.8 Å². The molecule has 1 fully saturated rings. The molecular formula is C21H20N4O4S2. The van der Waals surface area contributed by atoms with Crippen molar-refractivity contribution in [3.8, 4) is 6.07 Å². The number of benzene rings is 2. The molecule has 2 aromatic carbocycles. The summed E-state index contributed by atoms with van der Waals surface area (Å²) in [6.45, 7) is 0.756. The topological polar surface area (TPSA) is 111 Å². The first-order valence-electron chi connectivity index (χ1n) is 9.74. The number of carbonyl (C=O) groups is 2. The summed E-state index contributed by atoms with van der Waals surface area (Å²) in [6, 6.07) is 15.4. The molecule has 1 atom stereocenters. The van der Waals surface area contributed by atoms with Gasteiger partial charge in [0.05, 0.1) is 21.4 Å². The van der Waals surface area contributed by atoms with Crippen LogP contribution in [0, 0.1) is 11.3 Å². The molecule has 2 aliphatic rings. The van der Waals surface area contributed by atoms with Crippen LogP contribution in [-0.4, -0.2) is 60.9 Å². The molecule has 160 valence electrons. The minimum absolute atomic E-state index is 0.0220. The van der Waals surface area contributed by atoms with E-state index in [9.17, 15) is 23.3 Å². The molecule has 0 spiro atoms. The van der Waals surface area contributed by atoms with Crippen molar-refractivity contribution in [2.75, 3.05) is 31.5 Å². The molecule has 10 heteroatoms. The number of hydrogen-bond donors (Lipinski definition) is 1. The molecule has 2 aliphatic heterocycles. The van der Waals surface area contributed by atoms with E-state index in [1.807, 2.05) is 30.3 Å². The number of nitrogens with zero attached hydrogens (tertiary/aromatic N) is 3. The molecule has 2 aromatic rings. The van der Waals surface area contributed by atoms with E-state index in [0.717, 1.165) is 10.6 Å². The Kier molecular flexibility index (Phi) is 6.00. The molecule has 0 bridgehead atoms. The first kappa shape index (κ1) is 21.4. The molecule has 0 radical (unpaired) electrons. The average Bonchev–Trinajstić information content (AvgIpc) is 2.79. The minimum Gasteiger partial charge on any atom is -0.340 e. The van der Waals surface area contributed by atoms with E-state index in [2.05, 4.69) is 5.32 Å². The number of para-hydroxylation sites is 1. The lowest BCUT2D eigenvalue weighted by molar-refractivity contribution is -0.133. The van der Waals surface area contributed by atoms with Gasteiger partial charge in [-0.1, -0.05) is 24.3 Å². The van der Waals surface area contributed by atoms with E-state index in [1.54, 1.807) is 17.0 Å². The van der Waals surface area contributed by atoms with E-state index in [1.165, 1.54) is 28.2 Å². The summed E-state index contributed by atoms with van der Waals surface area (Å²) in [4.78, 5) is 27.6. The lowest BCUT2D eigenvalue weighted by Gasteiger charge is -2.35. The summed E-state index contributed by atoms with van der Waals surface area (Å²) >= 11 is 1.37. The third-order valence-electron chi connectivity index (χ3n) is 5.28. The Morgan fingerprint density at radius 1 is 1.10 bits per heavy atom. The highest BCUT2D eigenvalue weighted by atomic mass is 32.2. The standard InChI is InChI=1S/C21H20N4O4S2/c22-14-15-5-1-4-8-19(15)31(28,29)25-11-9-24(10-12-25)20(26)13-18-21(27)23-16-6-2-3-7-17(16)30-18/h1-8,18H,9-13H2,(H,23,27)/t18-/m0/s1. The van der Waals surface area contributed by atoms with E-state index in [4.69, 9.17) is 0 Å². The maximum absolute atomic E-state index is 12.9. The number of nitriles is 1. The monoisotopic (exact) mass is 456 g/mol. The van der Waals surface area contributed by atoms with E-state index >= 15 is 0 Å². The van der Waals surface area contributed by atoms with Gasteiger partial charge in [0.1, 0.15) is 6.07 Å². The summed E-state index contributed by atoms with van der Waals surface area (Å²) in [5, 5.41) is 11.5. The molecule has 0 unspecified atom stereocenters. The van der Waals surface area contributed by atoms with Crippen LogP contribution in [0.5, 0.6) is 0 Å². The second-order valence-electron chi connectivity index (χ2n) is 7.19. The molecule has 2 amide bonds. The minimum atomic E-state index is -3.82. The molecule has 0 aliphatic carbocycles. The summed E-state index contributed by atoms with van der Waals surface area (Å²) in [5.41, 5.74) is 0.847. The van der Waals surface area contributed by atoms with Crippen molar-refractivity contribution in [3.05, 3.63) is 54.1 Å².